The molecular formula is C13H26N2. The molecule has 0 atom stereocenters. The molecule has 2 saturated carbocycles. The van der Waals surface area contributed by atoms with Gasteiger partial charge in [0.1, 0.15) is 0 Å². The standard InChI is InChI=1S/C13H26N2/c1-12(2)5-7-13(10-14,8-6-12)15-9-11-3-4-11/h11,15H,3-10,14H2,1-2H3. The minimum Gasteiger partial charge on any atom is -0.329 e. The van der Waals surface area contributed by atoms with Gasteiger partial charge < -0.3 is 11.1 Å². The van der Waals surface area contributed by atoms with E-state index in [4.69, 9.17) is 5.73 Å². The van der Waals surface area contributed by atoms with Crippen LogP contribution in [-0.4, -0.2) is 18.6 Å². The van der Waals surface area contributed by atoms with Crippen molar-refractivity contribution in [3.05, 3.63) is 0 Å². The van der Waals surface area contributed by atoms with Crippen molar-refractivity contribution >= 4 is 0 Å². The maximum Gasteiger partial charge on any atom is 0.0304 e. The molecule has 2 aliphatic rings. The van der Waals surface area contributed by atoms with Crippen LogP contribution >= 0.6 is 0 Å². The molecule has 3 N–H and O–H groups in total. The topological polar surface area (TPSA) is 38.0 Å². The molecule has 0 heterocycles. The fourth-order valence-electron chi connectivity index (χ4n) is 2.54. The van der Waals surface area contributed by atoms with Gasteiger partial charge in [-0.3, -0.25) is 0 Å². The van der Waals surface area contributed by atoms with E-state index >= 15 is 0 Å². The van der Waals surface area contributed by atoms with Crippen molar-refractivity contribution in [2.75, 3.05) is 13.1 Å². The molecule has 0 aliphatic heterocycles. The third-order valence-electron chi connectivity index (χ3n) is 4.41. The molecule has 15 heavy (non-hydrogen) atoms. The fourth-order valence-corrected chi connectivity index (χ4v) is 2.54. The summed E-state index contributed by atoms with van der Waals surface area (Å²) < 4.78 is 0. The molecular weight excluding hydrogens is 184 g/mol. The lowest BCUT2D eigenvalue weighted by Crippen LogP contribution is -2.54. The van der Waals surface area contributed by atoms with Crippen molar-refractivity contribution in [1.29, 1.82) is 0 Å². The Bertz CT molecular complexity index is 203. The summed E-state index contributed by atoms with van der Waals surface area (Å²) in [6.07, 6.45) is 8.04. The van der Waals surface area contributed by atoms with E-state index < -0.39 is 0 Å². The van der Waals surface area contributed by atoms with Gasteiger partial charge in [0, 0.05) is 12.1 Å². The summed E-state index contributed by atoms with van der Waals surface area (Å²) in [6.45, 7) is 6.79. The third kappa shape index (κ3) is 2.94. The van der Waals surface area contributed by atoms with Crippen molar-refractivity contribution in [3.8, 4) is 0 Å². The fraction of sp³-hybridized carbons (Fsp3) is 1.00. The Hall–Kier alpha value is -0.0800. The number of hydrogen-bond acceptors (Lipinski definition) is 2. The first-order valence-corrected chi connectivity index (χ1v) is 6.50. The molecule has 0 bridgehead atoms. The molecule has 0 unspecified atom stereocenters. The van der Waals surface area contributed by atoms with E-state index in [1.807, 2.05) is 0 Å². The van der Waals surface area contributed by atoms with E-state index in [-0.39, 0.29) is 5.54 Å². The van der Waals surface area contributed by atoms with Crippen molar-refractivity contribution in [1.82, 2.24) is 5.32 Å². The normalized spacial score (nSPS) is 29.0. The molecule has 2 nitrogen and oxygen atoms in total. The third-order valence-corrected chi connectivity index (χ3v) is 4.41. The van der Waals surface area contributed by atoms with Crippen LogP contribution in [0.15, 0.2) is 0 Å². The van der Waals surface area contributed by atoms with Gasteiger partial charge in [-0.1, -0.05) is 13.8 Å². The summed E-state index contributed by atoms with van der Waals surface area (Å²) in [4.78, 5) is 0. The molecule has 0 radical (unpaired) electrons. The lowest BCUT2D eigenvalue weighted by Gasteiger charge is -2.43. The molecule has 2 rings (SSSR count). The van der Waals surface area contributed by atoms with Gasteiger partial charge in [0.15, 0.2) is 0 Å². The summed E-state index contributed by atoms with van der Waals surface area (Å²) in [5.41, 5.74) is 6.79. The Morgan fingerprint density at radius 1 is 1.13 bits per heavy atom. The van der Waals surface area contributed by atoms with Gasteiger partial charge in [-0.25, -0.2) is 0 Å². The molecule has 0 aromatic heterocycles. The first kappa shape index (κ1) is 11.4. The summed E-state index contributed by atoms with van der Waals surface area (Å²) in [5.74, 6) is 0.961. The number of nitrogens with two attached hydrogens (primary N) is 1. The van der Waals surface area contributed by atoms with Gasteiger partial charge >= 0.3 is 0 Å². The first-order valence-electron chi connectivity index (χ1n) is 6.50. The Labute approximate surface area is 94.0 Å². The Morgan fingerprint density at radius 2 is 1.73 bits per heavy atom. The summed E-state index contributed by atoms with van der Waals surface area (Å²) >= 11 is 0. The van der Waals surface area contributed by atoms with Crippen LogP contribution in [0.3, 0.4) is 0 Å². The Morgan fingerprint density at radius 3 is 2.20 bits per heavy atom. The molecule has 88 valence electrons. The zero-order valence-electron chi connectivity index (χ0n) is 10.3. The molecule has 2 heteroatoms. The highest BCUT2D eigenvalue weighted by atomic mass is 15.0. The van der Waals surface area contributed by atoms with E-state index in [0.717, 1.165) is 12.5 Å². The van der Waals surface area contributed by atoms with Gasteiger partial charge in [-0.2, -0.15) is 0 Å². The van der Waals surface area contributed by atoms with E-state index in [1.165, 1.54) is 45.1 Å². The summed E-state index contributed by atoms with van der Waals surface area (Å²) in [6, 6.07) is 0. The molecule has 0 saturated heterocycles. The first-order chi connectivity index (χ1) is 7.05. The second kappa shape index (κ2) is 4.06. The van der Waals surface area contributed by atoms with Crippen molar-refractivity contribution < 1.29 is 0 Å². The highest BCUT2D eigenvalue weighted by Crippen LogP contribution is 2.40. The average molecular weight is 210 g/mol. The van der Waals surface area contributed by atoms with E-state index in [1.54, 1.807) is 0 Å². The van der Waals surface area contributed by atoms with Crippen molar-refractivity contribution in [2.24, 2.45) is 17.1 Å². The van der Waals surface area contributed by atoms with Crippen LogP contribution in [0, 0.1) is 11.3 Å². The summed E-state index contributed by atoms with van der Waals surface area (Å²) in [7, 11) is 0. The van der Waals surface area contributed by atoms with Crippen molar-refractivity contribution in [2.45, 2.75) is 57.9 Å². The molecule has 0 aromatic rings. The van der Waals surface area contributed by atoms with Crippen LogP contribution in [-0.2, 0) is 0 Å². The van der Waals surface area contributed by atoms with Crippen molar-refractivity contribution in [3.63, 3.8) is 0 Å². The molecule has 2 aliphatic carbocycles. The quantitative estimate of drug-likeness (QED) is 0.747. The Kier molecular flexibility index (Phi) is 3.09. The molecule has 0 amide bonds. The largest absolute Gasteiger partial charge is 0.329 e. The maximum absolute atomic E-state index is 5.97. The predicted octanol–water partition coefficient (Wildman–Crippen LogP) is 2.28. The second-order valence-electron chi connectivity index (χ2n) is 6.47. The second-order valence-corrected chi connectivity index (χ2v) is 6.47. The number of nitrogens with one attached hydrogen (secondary N) is 1. The molecule has 0 aromatic carbocycles. The van der Waals surface area contributed by atoms with Crippen LogP contribution in [0.2, 0.25) is 0 Å². The minimum atomic E-state index is 0.276. The van der Waals surface area contributed by atoms with E-state index in [0.29, 0.717) is 5.41 Å². The van der Waals surface area contributed by atoms with Crippen LogP contribution in [0.5, 0.6) is 0 Å². The van der Waals surface area contributed by atoms with Gasteiger partial charge in [0.25, 0.3) is 0 Å². The highest BCUT2D eigenvalue weighted by Gasteiger charge is 2.37. The van der Waals surface area contributed by atoms with Crippen LogP contribution in [0.1, 0.15) is 52.4 Å². The van der Waals surface area contributed by atoms with Crippen LogP contribution < -0.4 is 11.1 Å². The monoisotopic (exact) mass is 210 g/mol. The van der Waals surface area contributed by atoms with Gasteiger partial charge in [-0.05, 0) is 56.4 Å². The minimum absolute atomic E-state index is 0.276. The highest BCUT2D eigenvalue weighted by molar-refractivity contribution is 4.97. The maximum atomic E-state index is 5.97. The van der Waals surface area contributed by atoms with E-state index in [2.05, 4.69) is 19.2 Å². The zero-order valence-corrected chi connectivity index (χ0v) is 10.3. The predicted molar refractivity (Wildman–Crippen MR) is 64.8 cm³/mol. The van der Waals surface area contributed by atoms with Gasteiger partial charge in [0.2, 0.25) is 0 Å². The lowest BCUT2D eigenvalue weighted by atomic mass is 9.69. The zero-order chi connectivity index (χ0) is 10.9. The molecule has 0 spiro atoms. The smallest absolute Gasteiger partial charge is 0.0304 e. The van der Waals surface area contributed by atoms with Crippen LogP contribution in [0.4, 0.5) is 0 Å². The molecule has 2 fully saturated rings. The number of rotatable bonds is 4. The van der Waals surface area contributed by atoms with Crippen LogP contribution in [0.25, 0.3) is 0 Å². The number of hydrogen-bond donors (Lipinski definition) is 2. The van der Waals surface area contributed by atoms with Gasteiger partial charge in [0.05, 0.1) is 0 Å². The Balaban J connectivity index is 1.85. The lowest BCUT2D eigenvalue weighted by molar-refractivity contribution is 0.139. The van der Waals surface area contributed by atoms with E-state index in [9.17, 15) is 0 Å². The van der Waals surface area contributed by atoms with Gasteiger partial charge in [-0.15, -0.1) is 0 Å². The SMILES string of the molecule is CC1(C)CCC(CN)(NCC2CC2)CC1. The average Bonchev–Trinajstić information content (AvgIpc) is 3.01. The summed E-state index contributed by atoms with van der Waals surface area (Å²) in [5, 5.41) is 3.76.